The Morgan fingerprint density at radius 1 is 1.26 bits per heavy atom. The van der Waals surface area contributed by atoms with Crippen LogP contribution in [0.4, 0.5) is 0 Å². The number of likely N-dealkylation sites (N-methyl/N-ethyl adjacent to an activating group) is 1. The van der Waals surface area contributed by atoms with Gasteiger partial charge in [-0.05, 0) is 45.1 Å². The minimum Gasteiger partial charge on any atom is -0.451 e. The number of sulfonamides is 1. The minimum absolute atomic E-state index is 0.0173. The van der Waals surface area contributed by atoms with E-state index < -0.39 is 16.0 Å². The number of nitrogens with zero attached hydrogens (tertiary/aromatic N) is 2. The summed E-state index contributed by atoms with van der Waals surface area (Å²) in [7, 11) is -3.60. The number of esters is 1. The molecule has 1 aromatic heterocycles. The number of ether oxygens (including phenoxy) is 1. The Morgan fingerprint density at radius 3 is 2.63 bits per heavy atom. The van der Waals surface area contributed by atoms with E-state index in [1.807, 2.05) is 13.0 Å². The number of allylic oxidation sites excluding steroid dienone is 2. The number of hydrogen-bond donors (Lipinski definition) is 1. The maximum atomic E-state index is 12.5. The number of carbonyl (C=O) groups is 2. The van der Waals surface area contributed by atoms with Crippen molar-refractivity contribution in [3.05, 3.63) is 29.7 Å². The lowest BCUT2D eigenvalue weighted by Crippen LogP contribution is -2.33. The molecule has 1 fully saturated rings. The maximum Gasteiger partial charge on any atom is 0.355 e. The first kappa shape index (κ1) is 19.6. The van der Waals surface area contributed by atoms with Crippen molar-refractivity contribution in [1.82, 2.24) is 14.2 Å². The fourth-order valence-electron chi connectivity index (χ4n) is 3.44. The van der Waals surface area contributed by atoms with Gasteiger partial charge in [0.1, 0.15) is 10.6 Å². The molecule has 0 atom stereocenters. The van der Waals surface area contributed by atoms with Crippen LogP contribution in [0.5, 0.6) is 0 Å². The van der Waals surface area contributed by atoms with Crippen molar-refractivity contribution in [2.24, 2.45) is 0 Å². The Balaban J connectivity index is 1.60. The zero-order valence-corrected chi connectivity index (χ0v) is 16.3. The van der Waals surface area contributed by atoms with Gasteiger partial charge in [0.15, 0.2) is 6.61 Å². The molecule has 1 aromatic rings. The third-order valence-electron chi connectivity index (χ3n) is 4.89. The van der Waals surface area contributed by atoms with Crippen LogP contribution in [-0.4, -0.2) is 60.7 Å². The van der Waals surface area contributed by atoms with Crippen LogP contribution in [0.15, 0.2) is 28.9 Å². The molecular weight excluding hydrogens is 370 g/mol. The molecule has 8 nitrogen and oxygen atoms in total. The summed E-state index contributed by atoms with van der Waals surface area (Å²) in [6.07, 6.45) is 7.82. The number of carbonyl (C=O) groups excluding carboxylic acids is 2. The summed E-state index contributed by atoms with van der Waals surface area (Å²) in [5.74, 6) is -1.03. The first-order valence-electron chi connectivity index (χ1n) is 9.28. The van der Waals surface area contributed by atoms with Gasteiger partial charge in [0.05, 0.1) is 0 Å². The van der Waals surface area contributed by atoms with Crippen molar-refractivity contribution in [3.63, 3.8) is 0 Å². The van der Waals surface area contributed by atoms with Crippen LogP contribution >= 0.6 is 0 Å². The summed E-state index contributed by atoms with van der Waals surface area (Å²) in [4.78, 5) is 28.8. The Hall–Kier alpha value is -2.13. The van der Waals surface area contributed by atoms with Gasteiger partial charge >= 0.3 is 5.97 Å². The molecule has 0 saturated carbocycles. The molecule has 9 heteroatoms. The molecule has 3 rings (SSSR count). The number of aromatic amines is 1. The average molecular weight is 395 g/mol. The molecule has 1 N–H and O–H groups in total. The van der Waals surface area contributed by atoms with Gasteiger partial charge in [-0.15, -0.1) is 0 Å². The van der Waals surface area contributed by atoms with Crippen molar-refractivity contribution in [2.45, 2.75) is 43.9 Å². The van der Waals surface area contributed by atoms with E-state index >= 15 is 0 Å². The first-order valence-corrected chi connectivity index (χ1v) is 10.7. The number of aromatic nitrogens is 1. The highest BCUT2D eigenvalue weighted by Crippen LogP contribution is 2.23. The van der Waals surface area contributed by atoms with E-state index in [0.29, 0.717) is 19.6 Å². The fourth-order valence-corrected chi connectivity index (χ4v) is 4.95. The van der Waals surface area contributed by atoms with Crippen LogP contribution < -0.4 is 0 Å². The lowest BCUT2D eigenvalue weighted by Gasteiger charge is -2.21. The van der Waals surface area contributed by atoms with Gasteiger partial charge in [-0.1, -0.05) is 6.08 Å². The van der Waals surface area contributed by atoms with Gasteiger partial charge in [-0.2, -0.15) is 4.31 Å². The van der Waals surface area contributed by atoms with E-state index in [4.69, 9.17) is 4.74 Å². The second-order valence-electron chi connectivity index (χ2n) is 6.66. The number of rotatable bonds is 7. The average Bonchev–Trinajstić information content (AvgIpc) is 3.42. The molecular formula is C18H25N3O5S. The van der Waals surface area contributed by atoms with Gasteiger partial charge in [-0.3, -0.25) is 4.79 Å². The normalized spacial score (nSPS) is 17.7. The summed E-state index contributed by atoms with van der Waals surface area (Å²) < 4.78 is 31.5. The van der Waals surface area contributed by atoms with Gasteiger partial charge in [0.2, 0.25) is 10.0 Å². The van der Waals surface area contributed by atoms with Crippen LogP contribution in [0.2, 0.25) is 0 Å². The van der Waals surface area contributed by atoms with Crippen LogP contribution in [0, 0.1) is 0 Å². The second kappa shape index (κ2) is 8.26. The van der Waals surface area contributed by atoms with E-state index in [0.717, 1.165) is 37.8 Å². The SMILES string of the molecule is CCN(C(=O)COC(=O)c1cc(S(=O)(=O)N2CCCC2)c[nH]1)C1=CCCC1. The molecule has 0 unspecified atom stereocenters. The summed E-state index contributed by atoms with van der Waals surface area (Å²) in [5.41, 5.74) is 0.987. The number of H-pyrrole nitrogens is 1. The molecule has 27 heavy (non-hydrogen) atoms. The molecule has 0 bridgehead atoms. The summed E-state index contributed by atoms with van der Waals surface area (Å²) in [6.45, 7) is 2.99. The molecule has 1 saturated heterocycles. The van der Waals surface area contributed by atoms with E-state index in [1.165, 1.54) is 16.6 Å². The van der Waals surface area contributed by atoms with E-state index in [-0.39, 0.29) is 23.1 Å². The molecule has 0 aromatic carbocycles. The Labute approximate surface area is 159 Å². The minimum atomic E-state index is -3.60. The lowest BCUT2D eigenvalue weighted by atomic mass is 10.3. The Bertz CT molecular complexity index is 837. The van der Waals surface area contributed by atoms with Crippen molar-refractivity contribution >= 4 is 21.9 Å². The largest absolute Gasteiger partial charge is 0.451 e. The fraction of sp³-hybridized carbons (Fsp3) is 0.556. The molecule has 2 aliphatic rings. The topological polar surface area (TPSA) is 99.8 Å². The van der Waals surface area contributed by atoms with Crippen molar-refractivity contribution in [2.75, 3.05) is 26.2 Å². The monoisotopic (exact) mass is 395 g/mol. The smallest absolute Gasteiger partial charge is 0.355 e. The first-order chi connectivity index (χ1) is 12.9. The quantitative estimate of drug-likeness (QED) is 0.711. The van der Waals surface area contributed by atoms with Gasteiger partial charge in [-0.25, -0.2) is 13.2 Å². The zero-order valence-electron chi connectivity index (χ0n) is 15.4. The summed E-state index contributed by atoms with van der Waals surface area (Å²) in [5, 5.41) is 0. The predicted molar refractivity (Wildman–Crippen MR) is 98.4 cm³/mol. The molecule has 1 aliphatic heterocycles. The second-order valence-corrected chi connectivity index (χ2v) is 8.60. The van der Waals surface area contributed by atoms with Gasteiger partial charge in [0, 0.05) is 31.5 Å². The molecule has 0 spiro atoms. The number of hydrogen-bond acceptors (Lipinski definition) is 5. The van der Waals surface area contributed by atoms with Crippen LogP contribution in [-0.2, 0) is 19.6 Å². The van der Waals surface area contributed by atoms with E-state index in [1.54, 1.807) is 4.90 Å². The molecule has 148 valence electrons. The Morgan fingerprint density at radius 2 is 2.00 bits per heavy atom. The number of amides is 1. The van der Waals surface area contributed by atoms with Gasteiger partial charge in [0.25, 0.3) is 5.91 Å². The molecule has 2 heterocycles. The predicted octanol–water partition coefficient (Wildman–Crippen LogP) is 1.87. The summed E-state index contributed by atoms with van der Waals surface area (Å²) >= 11 is 0. The van der Waals surface area contributed by atoms with E-state index in [2.05, 4.69) is 4.98 Å². The molecule has 1 amide bonds. The van der Waals surface area contributed by atoms with Crippen molar-refractivity contribution in [3.8, 4) is 0 Å². The summed E-state index contributed by atoms with van der Waals surface area (Å²) in [6, 6.07) is 1.26. The van der Waals surface area contributed by atoms with Crippen LogP contribution in [0.3, 0.4) is 0 Å². The zero-order chi connectivity index (χ0) is 19.4. The third-order valence-corrected chi connectivity index (χ3v) is 6.76. The highest BCUT2D eigenvalue weighted by Gasteiger charge is 2.29. The van der Waals surface area contributed by atoms with Gasteiger partial charge < -0.3 is 14.6 Å². The molecule has 0 radical (unpaired) electrons. The van der Waals surface area contributed by atoms with Crippen molar-refractivity contribution < 1.29 is 22.7 Å². The van der Waals surface area contributed by atoms with Crippen LogP contribution in [0.1, 0.15) is 49.5 Å². The molecule has 1 aliphatic carbocycles. The maximum absolute atomic E-state index is 12.5. The van der Waals surface area contributed by atoms with Crippen LogP contribution in [0.25, 0.3) is 0 Å². The van der Waals surface area contributed by atoms with E-state index in [9.17, 15) is 18.0 Å². The lowest BCUT2D eigenvalue weighted by molar-refractivity contribution is -0.132. The third kappa shape index (κ3) is 4.24. The van der Waals surface area contributed by atoms with Crippen molar-refractivity contribution in [1.29, 1.82) is 0 Å². The standard InChI is InChI=1S/C18H25N3O5S/c1-2-21(14-7-3-4-8-14)17(22)13-26-18(23)16-11-15(12-19-16)27(24,25)20-9-5-6-10-20/h7,11-12,19H,2-6,8-10,13H2,1H3. The Kier molecular flexibility index (Phi) is 6.01. The highest BCUT2D eigenvalue weighted by atomic mass is 32.2. The number of nitrogens with one attached hydrogen (secondary N) is 1. The highest BCUT2D eigenvalue weighted by molar-refractivity contribution is 7.89.